The van der Waals surface area contributed by atoms with E-state index in [-0.39, 0.29) is 5.91 Å². The van der Waals surface area contributed by atoms with Crippen LogP contribution in [0.2, 0.25) is 0 Å². The largest absolute Gasteiger partial charge is 0.374 e. The second-order valence-electron chi connectivity index (χ2n) is 4.85. The van der Waals surface area contributed by atoms with E-state index in [9.17, 15) is 4.79 Å². The molecule has 104 valence electrons. The summed E-state index contributed by atoms with van der Waals surface area (Å²) in [4.78, 5) is 11.9. The number of benzene rings is 1. The maximum atomic E-state index is 11.9. The molecule has 0 heterocycles. The fourth-order valence-corrected chi connectivity index (χ4v) is 3.64. The number of nitrogens with one attached hydrogen (secondary N) is 2. The number of hydrogen-bond acceptors (Lipinski definition) is 2. The minimum absolute atomic E-state index is 0.0644. The first-order valence-electron chi connectivity index (χ1n) is 6.64. The van der Waals surface area contributed by atoms with Gasteiger partial charge in [0, 0.05) is 15.0 Å². The molecule has 0 bridgehead atoms. The Kier molecular flexibility index (Phi) is 5.70. The topological polar surface area (TPSA) is 41.1 Å². The van der Waals surface area contributed by atoms with Crippen LogP contribution in [0.15, 0.2) is 27.1 Å². The lowest BCUT2D eigenvalue weighted by molar-refractivity contribution is -0.120. The summed E-state index contributed by atoms with van der Waals surface area (Å²) in [7, 11) is 0. The molecular formula is C14H18Br2N2O. The minimum atomic E-state index is 0.0644. The molecule has 1 fully saturated rings. The maximum absolute atomic E-state index is 11.9. The zero-order valence-electron chi connectivity index (χ0n) is 10.7. The van der Waals surface area contributed by atoms with Crippen LogP contribution in [0.4, 0.5) is 5.69 Å². The van der Waals surface area contributed by atoms with Crippen LogP contribution in [-0.4, -0.2) is 18.5 Å². The Morgan fingerprint density at radius 1 is 1.16 bits per heavy atom. The molecule has 0 unspecified atom stereocenters. The Bertz CT molecular complexity index is 425. The fourth-order valence-electron chi connectivity index (χ4n) is 2.36. The first kappa shape index (κ1) is 14.9. The Balaban J connectivity index is 1.83. The van der Waals surface area contributed by atoms with Crippen LogP contribution in [0, 0.1) is 0 Å². The summed E-state index contributed by atoms with van der Waals surface area (Å²) >= 11 is 6.94. The van der Waals surface area contributed by atoms with E-state index in [4.69, 9.17) is 0 Å². The van der Waals surface area contributed by atoms with E-state index in [0.717, 1.165) is 27.5 Å². The Morgan fingerprint density at radius 2 is 1.79 bits per heavy atom. The lowest BCUT2D eigenvalue weighted by Gasteiger charge is -2.23. The molecule has 0 saturated heterocycles. The Morgan fingerprint density at radius 3 is 2.42 bits per heavy atom. The summed E-state index contributed by atoms with van der Waals surface area (Å²) < 4.78 is 1.90. The van der Waals surface area contributed by atoms with Crippen molar-refractivity contribution in [2.45, 2.75) is 38.1 Å². The molecule has 0 aliphatic heterocycles. The highest BCUT2D eigenvalue weighted by Gasteiger charge is 2.15. The number of amides is 1. The highest BCUT2D eigenvalue weighted by molar-refractivity contribution is 9.11. The zero-order chi connectivity index (χ0) is 13.7. The molecule has 3 nitrogen and oxygen atoms in total. The summed E-state index contributed by atoms with van der Waals surface area (Å²) in [5.41, 5.74) is 0.918. The molecule has 1 aliphatic rings. The van der Waals surface area contributed by atoms with Crippen LogP contribution in [0.3, 0.4) is 0 Å². The monoisotopic (exact) mass is 388 g/mol. The van der Waals surface area contributed by atoms with Gasteiger partial charge in [-0.25, -0.2) is 0 Å². The summed E-state index contributed by atoms with van der Waals surface area (Å²) in [5, 5.41) is 6.26. The average Bonchev–Trinajstić information content (AvgIpc) is 2.39. The molecule has 0 atom stereocenters. The number of rotatable bonds is 4. The molecule has 2 N–H and O–H groups in total. The summed E-state index contributed by atoms with van der Waals surface area (Å²) in [6.07, 6.45) is 5.99. The van der Waals surface area contributed by atoms with Gasteiger partial charge in [-0.05, 0) is 56.8 Å². The molecule has 1 aromatic carbocycles. The van der Waals surface area contributed by atoms with Gasteiger partial charge in [-0.2, -0.15) is 0 Å². The molecule has 19 heavy (non-hydrogen) atoms. The van der Waals surface area contributed by atoms with Crippen molar-refractivity contribution in [3.8, 4) is 0 Å². The molecule has 0 spiro atoms. The molecule has 2 rings (SSSR count). The van der Waals surface area contributed by atoms with Crippen molar-refractivity contribution < 1.29 is 4.79 Å². The SMILES string of the molecule is O=C(CNc1c(Br)cccc1Br)NC1CCCCC1. The number of carbonyl (C=O) groups excluding carboxylic acids is 1. The lowest BCUT2D eigenvalue weighted by Crippen LogP contribution is -2.39. The third-order valence-electron chi connectivity index (χ3n) is 3.36. The van der Waals surface area contributed by atoms with Crippen LogP contribution in [-0.2, 0) is 4.79 Å². The van der Waals surface area contributed by atoms with E-state index in [0.29, 0.717) is 12.6 Å². The van der Waals surface area contributed by atoms with Crippen molar-refractivity contribution in [1.29, 1.82) is 0 Å². The van der Waals surface area contributed by atoms with E-state index < -0.39 is 0 Å². The molecule has 0 radical (unpaired) electrons. The van der Waals surface area contributed by atoms with Crippen molar-refractivity contribution >= 4 is 43.5 Å². The van der Waals surface area contributed by atoms with E-state index in [1.54, 1.807) is 0 Å². The van der Waals surface area contributed by atoms with Crippen molar-refractivity contribution in [1.82, 2.24) is 5.32 Å². The molecule has 1 aromatic rings. The predicted octanol–water partition coefficient (Wildman–Crippen LogP) is 4.07. The van der Waals surface area contributed by atoms with Gasteiger partial charge in [0.15, 0.2) is 0 Å². The van der Waals surface area contributed by atoms with E-state index in [1.807, 2.05) is 18.2 Å². The van der Waals surface area contributed by atoms with Gasteiger partial charge in [-0.15, -0.1) is 0 Å². The van der Waals surface area contributed by atoms with Gasteiger partial charge in [0.05, 0.1) is 12.2 Å². The van der Waals surface area contributed by atoms with E-state index >= 15 is 0 Å². The molecule has 1 aliphatic carbocycles. The second kappa shape index (κ2) is 7.29. The van der Waals surface area contributed by atoms with Gasteiger partial charge in [0.1, 0.15) is 0 Å². The average molecular weight is 390 g/mol. The molecule has 5 heteroatoms. The van der Waals surface area contributed by atoms with Crippen molar-refractivity contribution in [2.24, 2.45) is 0 Å². The highest BCUT2D eigenvalue weighted by atomic mass is 79.9. The van der Waals surface area contributed by atoms with Crippen molar-refractivity contribution in [3.05, 3.63) is 27.1 Å². The van der Waals surface area contributed by atoms with Gasteiger partial charge in [0.2, 0.25) is 5.91 Å². The quantitative estimate of drug-likeness (QED) is 0.814. The zero-order valence-corrected chi connectivity index (χ0v) is 13.9. The second-order valence-corrected chi connectivity index (χ2v) is 6.56. The smallest absolute Gasteiger partial charge is 0.239 e. The molecule has 1 saturated carbocycles. The number of carbonyl (C=O) groups is 1. The maximum Gasteiger partial charge on any atom is 0.239 e. The number of anilines is 1. The van der Waals surface area contributed by atoms with Gasteiger partial charge in [0.25, 0.3) is 0 Å². The van der Waals surface area contributed by atoms with Crippen molar-refractivity contribution in [2.75, 3.05) is 11.9 Å². The number of halogens is 2. The Labute approximate surface area is 130 Å². The summed E-state index contributed by atoms with van der Waals surface area (Å²) in [6.45, 7) is 0.303. The highest BCUT2D eigenvalue weighted by Crippen LogP contribution is 2.30. The van der Waals surface area contributed by atoms with Crippen LogP contribution >= 0.6 is 31.9 Å². The third-order valence-corrected chi connectivity index (χ3v) is 4.68. The third kappa shape index (κ3) is 4.49. The van der Waals surface area contributed by atoms with Gasteiger partial charge >= 0.3 is 0 Å². The Hall–Kier alpha value is -0.550. The van der Waals surface area contributed by atoms with Crippen molar-refractivity contribution in [3.63, 3.8) is 0 Å². The molecule has 0 aromatic heterocycles. The van der Waals surface area contributed by atoms with Crippen LogP contribution in [0.5, 0.6) is 0 Å². The summed E-state index contributed by atoms with van der Waals surface area (Å²) in [5.74, 6) is 0.0644. The molecule has 1 amide bonds. The first-order chi connectivity index (χ1) is 9.16. The number of hydrogen-bond donors (Lipinski definition) is 2. The van der Waals surface area contributed by atoms with Crippen LogP contribution < -0.4 is 10.6 Å². The van der Waals surface area contributed by atoms with Crippen LogP contribution in [0.25, 0.3) is 0 Å². The predicted molar refractivity (Wildman–Crippen MR) is 85.3 cm³/mol. The lowest BCUT2D eigenvalue weighted by atomic mass is 9.95. The fraction of sp³-hybridized carbons (Fsp3) is 0.500. The van der Waals surface area contributed by atoms with E-state index in [1.165, 1.54) is 19.3 Å². The van der Waals surface area contributed by atoms with Crippen LogP contribution in [0.1, 0.15) is 32.1 Å². The standard InChI is InChI=1S/C14H18Br2N2O/c15-11-7-4-8-12(16)14(11)17-9-13(19)18-10-5-2-1-3-6-10/h4,7-8,10,17H,1-3,5-6,9H2,(H,18,19). The minimum Gasteiger partial charge on any atom is -0.374 e. The molecular weight excluding hydrogens is 372 g/mol. The summed E-state index contributed by atoms with van der Waals surface area (Å²) in [6, 6.07) is 6.21. The van der Waals surface area contributed by atoms with Gasteiger partial charge in [-0.1, -0.05) is 25.3 Å². The van der Waals surface area contributed by atoms with Gasteiger partial charge < -0.3 is 10.6 Å². The van der Waals surface area contributed by atoms with Gasteiger partial charge in [-0.3, -0.25) is 4.79 Å². The first-order valence-corrected chi connectivity index (χ1v) is 8.22. The van der Waals surface area contributed by atoms with E-state index in [2.05, 4.69) is 42.5 Å². The normalized spacial score (nSPS) is 16.1. The number of para-hydroxylation sites is 1.